The van der Waals surface area contributed by atoms with Gasteiger partial charge in [0.05, 0.1) is 13.2 Å². The summed E-state index contributed by atoms with van der Waals surface area (Å²) in [6, 6.07) is 0. The average Bonchev–Trinajstić information content (AvgIpc) is 2.36. The number of carbonyl (C=O) groups is 2. The molecule has 20 heavy (non-hydrogen) atoms. The van der Waals surface area contributed by atoms with Crippen LogP contribution in [0, 0.1) is 5.92 Å². The van der Waals surface area contributed by atoms with Gasteiger partial charge < -0.3 is 9.47 Å². The summed E-state index contributed by atoms with van der Waals surface area (Å²) in [7, 11) is 0. The first-order valence-corrected chi connectivity index (χ1v) is 6.87. The van der Waals surface area contributed by atoms with Gasteiger partial charge in [0, 0.05) is 11.1 Å². The van der Waals surface area contributed by atoms with E-state index in [2.05, 4.69) is 20.1 Å². The fraction of sp³-hybridized carbons (Fsp3) is 0.625. The molecule has 0 atom stereocenters. The number of unbranched alkanes of at least 4 members (excludes halogenated alkanes) is 1. The zero-order valence-corrected chi connectivity index (χ0v) is 13.5. The van der Waals surface area contributed by atoms with Crippen molar-refractivity contribution in [2.24, 2.45) is 5.92 Å². The summed E-state index contributed by atoms with van der Waals surface area (Å²) < 4.78 is 9.63. The van der Waals surface area contributed by atoms with Crippen molar-refractivity contribution in [3.63, 3.8) is 0 Å². The van der Waals surface area contributed by atoms with E-state index < -0.39 is 0 Å². The third-order valence-corrected chi connectivity index (χ3v) is 1.98. The Balaban J connectivity index is 0. The highest BCUT2D eigenvalue weighted by Gasteiger charge is 2.03. The van der Waals surface area contributed by atoms with Gasteiger partial charge in [-0.3, -0.25) is 0 Å². The molecule has 0 amide bonds. The van der Waals surface area contributed by atoms with E-state index in [1.807, 2.05) is 13.8 Å². The molecule has 0 aliphatic heterocycles. The van der Waals surface area contributed by atoms with Gasteiger partial charge in [-0.2, -0.15) is 0 Å². The average molecular weight is 284 g/mol. The zero-order valence-electron chi connectivity index (χ0n) is 13.5. The standard InChI is InChI=1S/2C8H14O2/c1-6(2)5-10-8(9)7(3)4;1-4-5-6-10-8(9)7(2)3/h6H,3,5H2,1-2,4H3;2,4-6H2,1,3H3. The lowest BCUT2D eigenvalue weighted by Crippen LogP contribution is -2.09. The minimum atomic E-state index is -0.297. The number of esters is 2. The fourth-order valence-corrected chi connectivity index (χ4v) is 0.798. The van der Waals surface area contributed by atoms with Crippen molar-refractivity contribution in [3.8, 4) is 0 Å². The zero-order chi connectivity index (χ0) is 16.1. The number of hydrogen-bond acceptors (Lipinski definition) is 4. The smallest absolute Gasteiger partial charge is 0.333 e. The summed E-state index contributed by atoms with van der Waals surface area (Å²) >= 11 is 0. The monoisotopic (exact) mass is 284 g/mol. The highest BCUT2D eigenvalue weighted by atomic mass is 16.5. The second-order valence-electron chi connectivity index (χ2n) is 5.04. The molecule has 0 heterocycles. The Bertz CT molecular complexity index is 329. The van der Waals surface area contributed by atoms with Gasteiger partial charge in [0.25, 0.3) is 0 Å². The molecule has 4 nitrogen and oxygen atoms in total. The Morgan fingerprint density at radius 1 is 1.00 bits per heavy atom. The van der Waals surface area contributed by atoms with E-state index in [9.17, 15) is 9.59 Å². The summed E-state index contributed by atoms with van der Waals surface area (Å²) in [4.78, 5) is 21.4. The van der Waals surface area contributed by atoms with E-state index in [4.69, 9.17) is 9.47 Å². The maximum atomic E-state index is 10.7. The molecule has 4 heteroatoms. The molecule has 0 aliphatic carbocycles. The van der Waals surface area contributed by atoms with Crippen LogP contribution in [0.4, 0.5) is 0 Å². The molecule has 0 N–H and O–H groups in total. The molecule has 116 valence electrons. The van der Waals surface area contributed by atoms with Crippen molar-refractivity contribution in [3.05, 3.63) is 24.3 Å². The molecule has 0 aromatic carbocycles. The Morgan fingerprint density at radius 3 is 1.80 bits per heavy atom. The number of carbonyl (C=O) groups excluding carboxylic acids is 2. The molecule has 0 aromatic heterocycles. The maximum absolute atomic E-state index is 10.7. The number of rotatable bonds is 7. The highest BCUT2D eigenvalue weighted by molar-refractivity contribution is 5.87. The highest BCUT2D eigenvalue weighted by Crippen LogP contribution is 1.97. The lowest BCUT2D eigenvalue weighted by atomic mass is 10.2. The van der Waals surface area contributed by atoms with Crippen LogP contribution in [0.3, 0.4) is 0 Å². The van der Waals surface area contributed by atoms with Crippen LogP contribution in [0.15, 0.2) is 24.3 Å². The Hall–Kier alpha value is -1.58. The van der Waals surface area contributed by atoms with E-state index in [0.29, 0.717) is 30.3 Å². The van der Waals surface area contributed by atoms with Crippen LogP contribution in [-0.4, -0.2) is 25.2 Å². The van der Waals surface area contributed by atoms with Crippen LogP contribution < -0.4 is 0 Å². The molecule has 0 radical (unpaired) electrons. The van der Waals surface area contributed by atoms with Crippen LogP contribution in [0.25, 0.3) is 0 Å². The van der Waals surface area contributed by atoms with Crippen LogP contribution >= 0.6 is 0 Å². The van der Waals surface area contributed by atoms with Crippen molar-refractivity contribution < 1.29 is 19.1 Å². The minimum absolute atomic E-state index is 0.284. The lowest BCUT2D eigenvalue weighted by molar-refractivity contribution is -0.140. The maximum Gasteiger partial charge on any atom is 0.333 e. The summed E-state index contributed by atoms with van der Waals surface area (Å²) in [5.41, 5.74) is 0.928. The Kier molecular flexibility index (Phi) is 12.9. The third kappa shape index (κ3) is 14.5. The third-order valence-electron chi connectivity index (χ3n) is 1.98. The Labute approximate surface area is 122 Å². The van der Waals surface area contributed by atoms with Gasteiger partial charge in [-0.05, 0) is 26.2 Å². The van der Waals surface area contributed by atoms with Crippen molar-refractivity contribution in [1.29, 1.82) is 0 Å². The summed E-state index contributed by atoms with van der Waals surface area (Å²) in [6.07, 6.45) is 1.97. The second-order valence-corrected chi connectivity index (χ2v) is 5.04. The lowest BCUT2D eigenvalue weighted by Gasteiger charge is -2.05. The van der Waals surface area contributed by atoms with E-state index in [0.717, 1.165) is 12.8 Å². The normalized spacial score (nSPS) is 9.30. The first kappa shape index (κ1) is 20.7. The van der Waals surface area contributed by atoms with Crippen LogP contribution in [-0.2, 0) is 19.1 Å². The van der Waals surface area contributed by atoms with Gasteiger partial charge in [0.1, 0.15) is 0 Å². The second kappa shape index (κ2) is 12.5. The number of ether oxygens (including phenoxy) is 2. The van der Waals surface area contributed by atoms with Crippen molar-refractivity contribution in [1.82, 2.24) is 0 Å². The van der Waals surface area contributed by atoms with Gasteiger partial charge in [-0.1, -0.05) is 40.3 Å². The molecule has 0 rings (SSSR count). The Morgan fingerprint density at radius 2 is 1.45 bits per heavy atom. The van der Waals surface area contributed by atoms with Gasteiger partial charge in [-0.15, -0.1) is 0 Å². The molecule has 0 fully saturated rings. The largest absolute Gasteiger partial charge is 0.462 e. The van der Waals surface area contributed by atoms with Gasteiger partial charge in [0.15, 0.2) is 0 Å². The van der Waals surface area contributed by atoms with Crippen molar-refractivity contribution in [2.45, 2.75) is 47.5 Å². The van der Waals surface area contributed by atoms with E-state index in [1.165, 1.54) is 0 Å². The minimum Gasteiger partial charge on any atom is -0.462 e. The molecule has 0 unspecified atom stereocenters. The summed E-state index contributed by atoms with van der Waals surface area (Å²) in [5, 5.41) is 0. The predicted octanol–water partition coefficient (Wildman–Crippen LogP) is 3.67. The topological polar surface area (TPSA) is 52.6 Å². The van der Waals surface area contributed by atoms with E-state index >= 15 is 0 Å². The molecular weight excluding hydrogens is 256 g/mol. The first-order valence-electron chi connectivity index (χ1n) is 6.87. The quantitative estimate of drug-likeness (QED) is 0.406. The molecule has 0 bridgehead atoms. The molecule has 0 saturated heterocycles. The van der Waals surface area contributed by atoms with Crippen molar-refractivity contribution in [2.75, 3.05) is 13.2 Å². The van der Waals surface area contributed by atoms with Gasteiger partial charge >= 0.3 is 11.9 Å². The van der Waals surface area contributed by atoms with Crippen LogP contribution in [0.2, 0.25) is 0 Å². The molecular formula is C16H28O4. The molecule has 0 aromatic rings. The molecule has 0 aliphatic rings. The van der Waals surface area contributed by atoms with Crippen LogP contribution in [0.5, 0.6) is 0 Å². The SMILES string of the molecule is C=C(C)C(=O)OCC(C)C.C=C(C)C(=O)OCCCC. The first-order chi connectivity index (χ1) is 9.22. The molecule has 0 saturated carbocycles. The summed E-state index contributed by atoms with van der Waals surface area (Å²) in [5.74, 6) is -0.189. The van der Waals surface area contributed by atoms with E-state index in [1.54, 1.807) is 13.8 Å². The van der Waals surface area contributed by atoms with Crippen molar-refractivity contribution >= 4 is 11.9 Å². The summed E-state index contributed by atoms with van der Waals surface area (Å²) in [6.45, 7) is 17.2. The number of hydrogen-bond donors (Lipinski definition) is 0. The van der Waals surface area contributed by atoms with Gasteiger partial charge in [-0.25, -0.2) is 9.59 Å². The van der Waals surface area contributed by atoms with Crippen LogP contribution in [0.1, 0.15) is 47.5 Å². The van der Waals surface area contributed by atoms with Gasteiger partial charge in [0.2, 0.25) is 0 Å². The predicted molar refractivity (Wildman–Crippen MR) is 81.3 cm³/mol. The van der Waals surface area contributed by atoms with E-state index in [-0.39, 0.29) is 11.9 Å². The molecule has 0 spiro atoms. The fourth-order valence-electron chi connectivity index (χ4n) is 0.798.